The average molecular weight is 334 g/mol. The summed E-state index contributed by atoms with van der Waals surface area (Å²) < 4.78 is 1.10. The van der Waals surface area contributed by atoms with Crippen LogP contribution in [0.1, 0.15) is 35.6 Å². The van der Waals surface area contributed by atoms with Gasteiger partial charge in [0.15, 0.2) is 0 Å². The van der Waals surface area contributed by atoms with Crippen LogP contribution in [0.15, 0.2) is 22.7 Å². The molecule has 1 aliphatic rings. The van der Waals surface area contributed by atoms with Crippen LogP contribution < -0.4 is 5.32 Å². The minimum absolute atomic E-state index is 0.567. The third kappa shape index (κ3) is 2.54. The molecule has 0 radical (unpaired) electrons. The van der Waals surface area contributed by atoms with Gasteiger partial charge in [-0.25, -0.2) is 0 Å². The fourth-order valence-electron chi connectivity index (χ4n) is 3.02. The van der Waals surface area contributed by atoms with Crippen molar-refractivity contribution in [2.75, 3.05) is 13.1 Å². The van der Waals surface area contributed by atoms with Gasteiger partial charge in [-0.1, -0.05) is 22.0 Å². The molecule has 20 heavy (non-hydrogen) atoms. The predicted octanol–water partition coefficient (Wildman–Crippen LogP) is 3.92. The van der Waals surface area contributed by atoms with Gasteiger partial charge in [0.1, 0.15) is 0 Å². The van der Waals surface area contributed by atoms with Crippen LogP contribution in [0.3, 0.4) is 0 Å². The Morgan fingerprint density at radius 1 is 1.30 bits per heavy atom. The first-order valence-corrected chi connectivity index (χ1v) is 7.98. The van der Waals surface area contributed by atoms with E-state index in [9.17, 15) is 0 Å². The molecule has 0 aliphatic carbocycles. The van der Waals surface area contributed by atoms with Gasteiger partial charge in [-0.05, 0) is 56.5 Å². The van der Waals surface area contributed by atoms with Gasteiger partial charge >= 0.3 is 0 Å². The van der Waals surface area contributed by atoms with E-state index in [0.717, 1.165) is 23.3 Å². The molecule has 0 amide bonds. The Hall–Kier alpha value is -1.13. The number of rotatable bonds is 2. The Labute approximate surface area is 128 Å². The lowest BCUT2D eigenvalue weighted by atomic mass is 9.92. The Balaban J connectivity index is 1.99. The van der Waals surface area contributed by atoms with Crippen LogP contribution in [0.25, 0.3) is 11.3 Å². The molecule has 2 aromatic rings. The largest absolute Gasteiger partial charge is 0.316 e. The van der Waals surface area contributed by atoms with E-state index in [1.807, 2.05) is 0 Å². The number of benzene rings is 1. The van der Waals surface area contributed by atoms with E-state index in [-0.39, 0.29) is 0 Å². The zero-order valence-corrected chi connectivity index (χ0v) is 13.5. The quantitative estimate of drug-likeness (QED) is 0.874. The summed E-state index contributed by atoms with van der Waals surface area (Å²) in [7, 11) is 0. The van der Waals surface area contributed by atoms with Crippen molar-refractivity contribution in [1.82, 2.24) is 15.5 Å². The summed E-state index contributed by atoms with van der Waals surface area (Å²) in [4.78, 5) is 0. The van der Waals surface area contributed by atoms with Crippen LogP contribution in [-0.2, 0) is 0 Å². The van der Waals surface area contributed by atoms with E-state index in [2.05, 4.69) is 63.5 Å². The van der Waals surface area contributed by atoms with Gasteiger partial charge in [0, 0.05) is 28.2 Å². The van der Waals surface area contributed by atoms with Crippen LogP contribution in [-0.4, -0.2) is 23.3 Å². The van der Waals surface area contributed by atoms with Gasteiger partial charge < -0.3 is 5.32 Å². The number of piperidine rings is 1. The van der Waals surface area contributed by atoms with Crippen molar-refractivity contribution < 1.29 is 0 Å². The zero-order chi connectivity index (χ0) is 14.1. The van der Waals surface area contributed by atoms with Gasteiger partial charge in [-0.15, -0.1) is 0 Å². The SMILES string of the molecule is Cc1ccc(Br)cc1-c1n[nH]c(C2CCCNC2)c1C. The molecule has 0 bridgehead atoms. The zero-order valence-electron chi connectivity index (χ0n) is 12.0. The molecular formula is C16H20BrN3. The minimum Gasteiger partial charge on any atom is -0.316 e. The lowest BCUT2D eigenvalue weighted by Crippen LogP contribution is -2.28. The van der Waals surface area contributed by atoms with Crippen molar-refractivity contribution in [3.8, 4) is 11.3 Å². The second-order valence-corrected chi connectivity index (χ2v) is 6.53. The second kappa shape index (κ2) is 5.70. The fraction of sp³-hybridized carbons (Fsp3) is 0.438. The number of hydrogen-bond donors (Lipinski definition) is 2. The summed E-state index contributed by atoms with van der Waals surface area (Å²) in [6.45, 7) is 6.52. The maximum atomic E-state index is 4.59. The Morgan fingerprint density at radius 2 is 2.15 bits per heavy atom. The number of aromatic amines is 1. The fourth-order valence-corrected chi connectivity index (χ4v) is 3.38. The highest BCUT2D eigenvalue weighted by molar-refractivity contribution is 9.10. The Kier molecular flexibility index (Phi) is 3.94. The number of hydrogen-bond acceptors (Lipinski definition) is 2. The van der Waals surface area contributed by atoms with E-state index >= 15 is 0 Å². The number of nitrogens with one attached hydrogen (secondary N) is 2. The number of aromatic nitrogens is 2. The van der Waals surface area contributed by atoms with Crippen molar-refractivity contribution in [1.29, 1.82) is 0 Å². The summed E-state index contributed by atoms with van der Waals surface area (Å²) >= 11 is 3.55. The van der Waals surface area contributed by atoms with Gasteiger partial charge in [-0.2, -0.15) is 5.10 Å². The first-order valence-electron chi connectivity index (χ1n) is 7.19. The molecule has 1 aromatic heterocycles. The van der Waals surface area contributed by atoms with E-state index in [4.69, 9.17) is 0 Å². The molecule has 106 valence electrons. The van der Waals surface area contributed by atoms with E-state index < -0.39 is 0 Å². The standard InChI is InChI=1S/C16H20BrN3/c1-10-5-6-13(17)8-14(10)16-11(2)15(19-20-16)12-4-3-7-18-9-12/h5-6,8,12,18H,3-4,7,9H2,1-2H3,(H,19,20). The molecule has 0 saturated carbocycles. The molecule has 1 saturated heterocycles. The monoisotopic (exact) mass is 333 g/mol. The second-order valence-electron chi connectivity index (χ2n) is 5.61. The van der Waals surface area contributed by atoms with Crippen molar-refractivity contribution in [2.24, 2.45) is 0 Å². The maximum absolute atomic E-state index is 4.59. The number of aryl methyl sites for hydroxylation is 1. The minimum atomic E-state index is 0.567. The Bertz CT molecular complexity index is 612. The molecule has 2 heterocycles. The van der Waals surface area contributed by atoms with Crippen LogP contribution >= 0.6 is 15.9 Å². The highest BCUT2D eigenvalue weighted by Gasteiger charge is 2.21. The molecule has 1 aliphatic heterocycles. The summed E-state index contributed by atoms with van der Waals surface area (Å²) in [5.41, 5.74) is 6.15. The molecule has 1 aromatic carbocycles. The number of nitrogens with zero attached hydrogens (tertiary/aromatic N) is 1. The summed E-state index contributed by atoms with van der Waals surface area (Å²) in [5.74, 6) is 0.567. The summed E-state index contributed by atoms with van der Waals surface area (Å²) in [6, 6.07) is 6.36. The first kappa shape index (κ1) is 13.8. The van der Waals surface area contributed by atoms with Gasteiger partial charge in [0.05, 0.1) is 5.69 Å². The van der Waals surface area contributed by atoms with Crippen molar-refractivity contribution >= 4 is 15.9 Å². The molecule has 2 N–H and O–H groups in total. The molecule has 1 unspecified atom stereocenters. The molecule has 3 nitrogen and oxygen atoms in total. The van der Waals surface area contributed by atoms with Gasteiger partial charge in [0.25, 0.3) is 0 Å². The summed E-state index contributed by atoms with van der Waals surface area (Å²) in [5, 5.41) is 11.3. The molecular weight excluding hydrogens is 314 g/mol. The van der Waals surface area contributed by atoms with Crippen LogP contribution in [0.4, 0.5) is 0 Å². The molecule has 1 atom stereocenters. The lowest BCUT2D eigenvalue weighted by Gasteiger charge is -2.22. The van der Waals surface area contributed by atoms with Crippen LogP contribution in [0.5, 0.6) is 0 Å². The Morgan fingerprint density at radius 3 is 2.90 bits per heavy atom. The number of halogens is 1. The molecule has 4 heteroatoms. The third-order valence-corrected chi connectivity index (χ3v) is 4.70. The third-order valence-electron chi connectivity index (χ3n) is 4.21. The number of H-pyrrole nitrogens is 1. The smallest absolute Gasteiger partial charge is 0.0955 e. The summed E-state index contributed by atoms with van der Waals surface area (Å²) in [6.07, 6.45) is 2.49. The van der Waals surface area contributed by atoms with Crippen molar-refractivity contribution in [3.05, 3.63) is 39.5 Å². The highest BCUT2D eigenvalue weighted by Crippen LogP contribution is 2.33. The van der Waals surface area contributed by atoms with Crippen LogP contribution in [0, 0.1) is 13.8 Å². The maximum Gasteiger partial charge on any atom is 0.0955 e. The highest BCUT2D eigenvalue weighted by atomic mass is 79.9. The average Bonchev–Trinajstić information content (AvgIpc) is 2.84. The van der Waals surface area contributed by atoms with Crippen molar-refractivity contribution in [3.63, 3.8) is 0 Å². The molecule has 3 rings (SSSR count). The van der Waals surface area contributed by atoms with Gasteiger partial charge in [-0.3, -0.25) is 5.10 Å². The van der Waals surface area contributed by atoms with E-state index in [0.29, 0.717) is 5.92 Å². The van der Waals surface area contributed by atoms with E-state index in [1.165, 1.54) is 35.2 Å². The lowest BCUT2D eigenvalue weighted by molar-refractivity contribution is 0.453. The predicted molar refractivity (Wildman–Crippen MR) is 86.0 cm³/mol. The van der Waals surface area contributed by atoms with Crippen molar-refractivity contribution in [2.45, 2.75) is 32.6 Å². The molecule has 0 spiro atoms. The van der Waals surface area contributed by atoms with Gasteiger partial charge in [0.2, 0.25) is 0 Å². The normalized spacial score (nSPS) is 19.2. The van der Waals surface area contributed by atoms with E-state index in [1.54, 1.807) is 0 Å². The topological polar surface area (TPSA) is 40.7 Å². The van der Waals surface area contributed by atoms with Crippen LogP contribution in [0.2, 0.25) is 0 Å². The molecule has 1 fully saturated rings. The first-order chi connectivity index (χ1) is 9.66.